The zero-order valence-electron chi connectivity index (χ0n) is 16.0. The Hall–Kier alpha value is -2.60. The SMILES string of the molecule is COc1cccc([C@@H]2CN(C(=O)c3ccc(=O)[nH]c3)[C@@H]3C4CCN(CC4)[C@@H]32)c1. The van der Waals surface area contributed by atoms with Gasteiger partial charge in [-0.1, -0.05) is 12.1 Å². The highest BCUT2D eigenvalue weighted by Crippen LogP contribution is 2.47. The second kappa shape index (κ2) is 6.78. The standard InChI is InChI=1S/C22H25N3O3/c1-28-17-4-2-3-15(11-17)18-13-25(22(27)16-5-6-19(26)23-12-16)20-14-7-9-24(10-8-14)21(18)20/h2-6,11-12,14,18,20-21H,7-10,13H2,1H3,(H,23,26)/t18-,20+,21+/m0/s1. The minimum atomic E-state index is -0.187. The lowest BCUT2D eigenvalue weighted by molar-refractivity contribution is -0.00342. The number of piperidine rings is 3. The van der Waals surface area contributed by atoms with Crippen molar-refractivity contribution in [2.24, 2.45) is 5.92 Å². The van der Waals surface area contributed by atoms with Crippen molar-refractivity contribution in [1.82, 2.24) is 14.8 Å². The molecule has 0 unspecified atom stereocenters. The summed E-state index contributed by atoms with van der Waals surface area (Å²) in [4.78, 5) is 32.0. The number of H-pyrrole nitrogens is 1. The van der Waals surface area contributed by atoms with Crippen molar-refractivity contribution in [3.8, 4) is 5.75 Å². The number of benzene rings is 1. The average Bonchev–Trinajstić information content (AvgIpc) is 3.18. The number of hydrogen-bond donors (Lipinski definition) is 1. The van der Waals surface area contributed by atoms with Crippen molar-refractivity contribution < 1.29 is 9.53 Å². The van der Waals surface area contributed by atoms with Crippen molar-refractivity contribution in [2.75, 3.05) is 26.7 Å². The summed E-state index contributed by atoms with van der Waals surface area (Å²) in [5, 5.41) is 0. The predicted molar refractivity (Wildman–Crippen MR) is 106 cm³/mol. The van der Waals surface area contributed by atoms with Gasteiger partial charge in [-0.25, -0.2) is 0 Å². The van der Waals surface area contributed by atoms with Crippen LogP contribution in [0.1, 0.15) is 34.7 Å². The third-order valence-corrected chi connectivity index (χ3v) is 6.81. The van der Waals surface area contributed by atoms with Crippen LogP contribution in [0.2, 0.25) is 0 Å². The van der Waals surface area contributed by atoms with Gasteiger partial charge in [-0.2, -0.15) is 0 Å². The number of ether oxygens (including phenoxy) is 1. The van der Waals surface area contributed by atoms with Crippen LogP contribution in [0.15, 0.2) is 47.4 Å². The van der Waals surface area contributed by atoms with E-state index in [-0.39, 0.29) is 23.4 Å². The number of hydrogen-bond acceptors (Lipinski definition) is 4. The Morgan fingerprint density at radius 1 is 1.14 bits per heavy atom. The minimum Gasteiger partial charge on any atom is -0.497 e. The smallest absolute Gasteiger partial charge is 0.255 e. The number of likely N-dealkylation sites (tertiary alicyclic amines) is 1. The summed E-state index contributed by atoms with van der Waals surface area (Å²) >= 11 is 0. The third kappa shape index (κ3) is 2.75. The first-order valence-corrected chi connectivity index (χ1v) is 10.0. The van der Waals surface area contributed by atoms with Crippen LogP contribution in [0.3, 0.4) is 0 Å². The highest BCUT2D eigenvalue weighted by Gasteiger charge is 2.54. The molecule has 0 radical (unpaired) electrons. The number of aromatic amines is 1. The molecule has 2 bridgehead atoms. The molecule has 1 aromatic carbocycles. The molecule has 4 saturated heterocycles. The predicted octanol–water partition coefficient (Wildman–Crippen LogP) is 2.09. The quantitative estimate of drug-likeness (QED) is 0.887. The first-order valence-electron chi connectivity index (χ1n) is 10.0. The van der Waals surface area contributed by atoms with Crippen LogP contribution in [0.5, 0.6) is 5.75 Å². The maximum Gasteiger partial charge on any atom is 0.255 e. The molecule has 28 heavy (non-hydrogen) atoms. The van der Waals surface area contributed by atoms with Gasteiger partial charge in [-0.05, 0) is 55.6 Å². The first kappa shape index (κ1) is 17.5. The lowest BCUT2D eigenvalue weighted by Gasteiger charge is -2.51. The molecule has 6 nitrogen and oxygen atoms in total. The summed E-state index contributed by atoms with van der Waals surface area (Å²) in [6, 6.07) is 11.9. The Morgan fingerprint density at radius 3 is 2.68 bits per heavy atom. The molecular weight excluding hydrogens is 354 g/mol. The van der Waals surface area contributed by atoms with Gasteiger partial charge >= 0.3 is 0 Å². The van der Waals surface area contributed by atoms with E-state index in [1.807, 2.05) is 12.1 Å². The molecule has 4 aliphatic heterocycles. The van der Waals surface area contributed by atoms with Crippen molar-refractivity contribution in [2.45, 2.75) is 30.8 Å². The lowest BCUT2D eigenvalue weighted by Crippen LogP contribution is -2.60. The Labute approximate surface area is 164 Å². The number of fused-ring (bicyclic) bond motifs is 2. The van der Waals surface area contributed by atoms with E-state index < -0.39 is 0 Å². The van der Waals surface area contributed by atoms with Gasteiger partial charge in [0.15, 0.2) is 0 Å². The Kier molecular flexibility index (Phi) is 4.23. The molecule has 6 rings (SSSR count). The second-order valence-corrected chi connectivity index (χ2v) is 8.14. The zero-order valence-corrected chi connectivity index (χ0v) is 16.0. The van der Waals surface area contributed by atoms with E-state index in [1.54, 1.807) is 19.4 Å². The molecule has 4 aliphatic rings. The maximum absolute atomic E-state index is 13.4. The fourth-order valence-corrected chi connectivity index (χ4v) is 5.53. The number of nitrogens with one attached hydrogen (secondary N) is 1. The van der Waals surface area contributed by atoms with Crippen LogP contribution >= 0.6 is 0 Å². The van der Waals surface area contributed by atoms with E-state index in [4.69, 9.17) is 4.74 Å². The molecule has 5 heterocycles. The number of carbonyl (C=O) groups is 1. The van der Waals surface area contributed by atoms with Gasteiger partial charge in [0.25, 0.3) is 5.91 Å². The number of methoxy groups -OCH3 is 1. The summed E-state index contributed by atoms with van der Waals surface area (Å²) < 4.78 is 5.44. The van der Waals surface area contributed by atoms with Gasteiger partial charge in [-0.15, -0.1) is 0 Å². The monoisotopic (exact) mass is 379 g/mol. The number of amides is 1. The molecule has 4 fully saturated rings. The number of pyridine rings is 1. The lowest BCUT2D eigenvalue weighted by atomic mass is 9.75. The summed E-state index contributed by atoms with van der Waals surface area (Å²) in [6.07, 6.45) is 3.85. The molecule has 0 saturated carbocycles. The number of carbonyl (C=O) groups excluding carboxylic acids is 1. The number of aromatic nitrogens is 1. The number of rotatable bonds is 3. The molecule has 1 aromatic heterocycles. The maximum atomic E-state index is 13.4. The van der Waals surface area contributed by atoms with Gasteiger partial charge in [0, 0.05) is 30.8 Å². The van der Waals surface area contributed by atoms with Crippen molar-refractivity contribution >= 4 is 5.91 Å². The largest absolute Gasteiger partial charge is 0.497 e. The molecule has 2 aromatic rings. The zero-order chi connectivity index (χ0) is 19.3. The third-order valence-electron chi connectivity index (χ3n) is 6.81. The van der Waals surface area contributed by atoms with E-state index >= 15 is 0 Å². The van der Waals surface area contributed by atoms with Crippen molar-refractivity contribution in [3.05, 3.63) is 64.1 Å². The molecule has 3 atom stereocenters. The molecule has 1 amide bonds. The number of nitrogens with zero attached hydrogens (tertiary/aromatic N) is 2. The van der Waals surface area contributed by atoms with Crippen molar-refractivity contribution in [3.63, 3.8) is 0 Å². The Balaban J connectivity index is 1.52. The molecule has 0 aliphatic carbocycles. The van der Waals surface area contributed by atoms with Crippen LogP contribution in [0.4, 0.5) is 0 Å². The Bertz CT molecular complexity index is 928. The van der Waals surface area contributed by atoms with E-state index in [9.17, 15) is 9.59 Å². The second-order valence-electron chi connectivity index (χ2n) is 8.14. The van der Waals surface area contributed by atoms with Gasteiger partial charge in [0.05, 0.1) is 18.7 Å². The summed E-state index contributed by atoms with van der Waals surface area (Å²) in [6.45, 7) is 2.94. The minimum absolute atomic E-state index is 0.0189. The molecule has 0 spiro atoms. The topological polar surface area (TPSA) is 65.6 Å². The Morgan fingerprint density at radius 2 is 1.96 bits per heavy atom. The first-order chi connectivity index (χ1) is 13.7. The summed E-state index contributed by atoms with van der Waals surface area (Å²) in [5.41, 5.74) is 1.60. The van der Waals surface area contributed by atoms with Crippen LogP contribution in [-0.4, -0.2) is 59.5 Å². The van der Waals surface area contributed by atoms with Gasteiger partial charge in [0.1, 0.15) is 5.75 Å². The summed E-state index contributed by atoms with van der Waals surface area (Å²) in [7, 11) is 1.69. The van der Waals surface area contributed by atoms with Gasteiger partial charge < -0.3 is 14.6 Å². The van der Waals surface area contributed by atoms with Crippen molar-refractivity contribution in [1.29, 1.82) is 0 Å². The van der Waals surface area contributed by atoms with Crippen LogP contribution in [0.25, 0.3) is 0 Å². The molecule has 1 N–H and O–H groups in total. The van der Waals surface area contributed by atoms with E-state index in [2.05, 4.69) is 26.9 Å². The van der Waals surface area contributed by atoms with Gasteiger partial charge in [0.2, 0.25) is 5.56 Å². The fraction of sp³-hybridized carbons (Fsp3) is 0.455. The van der Waals surface area contributed by atoms with E-state index in [0.717, 1.165) is 31.7 Å². The van der Waals surface area contributed by atoms with Crippen LogP contribution in [-0.2, 0) is 0 Å². The fourth-order valence-electron chi connectivity index (χ4n) is 5.53. The highest BCUT2D eigenvalue weighted by molar-refractivity contribution is 5.94. The van der Waals surface area contributed by atoms with Gasteiger partial charge in [-0.3, -0.25) is 14.5 Å². The van der Waals surface area contributed by atoms with E-state index in [1.165, 1.54) is 11.6 Å². The average molecular weight is 379 g/mol. The van der Waals surface area contributed by atoms with Crippen LogP contribution in [0, 0.1) is 5.92 Å². The normalized spacial score (nSPS) is 30.9. The summed E-state index contributed by atoms with van der Waals surface area (Å²) in [5.74, 6) is 1.70. The van der Waals surface area contributed by atoms with E-state index in [0.29, 0.717) is 24.1 Å². The molecule has 146 valence electrons. The van der Waals surface area contributed by atoms with Crippen LogP contribution < -0.4 is 10.3 Å². The highest BCUT2D eigenvalue weighted by atomic mass is 16.5. The molecule has 6 heteroatoms. The molecular formula is C22H25N3O3.